The Labute approximate surface area is 133 Å². The van der Waals surface area contributed by atoms with Gasteiger partial charge < -0.3 is 0 Å². The zero-order valence-corrected chi connectivity index (χ0v) is 15.5. The molecular weight excluding hydrogens is 359 g/mol. The van der Waals surface area contributed by atoms with Crippen LogP contribution in [0.15, 0.2) is 0 Å². The number of alkyl halides is 4. The molecule has 0 N–H and O–H groups in total. The Morgan fingerprint density at radius 3 is 2.11 bits per heavy atom. The SMILES string of the molecule is CN(C)P(=O)(OC(C)(C)C(Cl)(Cl)Cl)SCCCCl. The first-order chi connectivity index (χ1) is 7.96. The van der Waals surface area contributed by atoms with Gasteiger partial charge >= 0.3 is 6.72 Å². The van der Waals surface area contributed by atoms with Gasteiger partial charge in [0.15, 0.2) is 0 Å². The lowest BCUT2D eigenvalue weighted by atomic mass is 10.2. The summed E-state index contributed by atoms with van der Waals surface area (Å²) in [7, 11) is 3.34. The van der Waals surface area contributed by atoms with Crippen molar-refractivity contribution in [3.63, 3.8) is 0 Å². The number of hydrogen-bond donors (Lipinski definition) is 0. The smallest absolute Gasteiger partial charge is 0.299 e. The van der Waals surface area contributed by atoms with E-state index in [2.05, 4.69) is 0 Å². The second-order valence-corrected chi connectivity index (χ2v) is 11.7. The van der Waals surface area contributed by atoms with Crippen molar-refractivity contribution in [2.24, 2.45) is 0 Å². The van der Waals surface area contributed by atoms with E-state index in [0.29, 0.717) is 11.6 Å². The minimum Gasteiger partial charge on any atom is -0.299 e. The minimum absolute atomic E-state index is 0.508. The third-order valence-corrected chi connectivity index (χ3v) is 8.88. The molecule has 18 heavy (non-hydrogen) atoms. The molecule has 0 saturated carbocycles. The Kier molecular flexibility index (Phi) is 8.31. The van der Waals surface area contributed by atoms with E-state index in [4.69, 9.17) is 50.9 Å². The lowest BCUT2D eigenvalue weighted by Gasteiger charge is -2.37. The van der Waals surface area contributed by atoms with Crippen LogP contribution in [0.3, 0.4) is 0 Å². The van der Waals surface area contributed by atoms with Gasteiger partial charge in [0.2, 0.25) is 3.79 Å². The summed E-state index contributed by atoms with van der Waals surface area (Å²) >= 11 is 24.3. The fourth-order valence-corrected chi connectivity index (χ4v) is 5.52. The highest BCUT2D eigenvalue weighted by molar-refractivity contribution is 8.55. The van der Waals surface area contributed by atoms with Crippen LogP contribution in [0, 0.1) is 0 Å². The molecule has 1 atom stereocenters. The average molecular weight is 377 g/mol. The molecule has 0 heterocycles. The summed E-state index contributed by atoms with van der Waals surface area (Å²) in [6.07, 6.45) is 0.738. The highest BCUT2D eigenvalue weighted by Gasteiger charge is 2.47. The highest BCUT2D eigenvalue weighted by Crippen LogP contribution is 2.65. The Morgan fingerprint density at radius 2 is 1.78 bits per heavy atom. The largest absolute Gasteiger partial charge is 0.329 e. The van der Waals surface area contributed by atoms with Crippen molar-refractivity contribution < 1.29 is 9.09 Å². The van der Waals surface area contributed by atoms with Crippen LogP contribution in [0.4, 0.5) is 0 Å². The standard InChI is InChI=1S/C9H18Cl4NO2PS/c1-8(2,9(11,12)13)16-17(15,14(3)4)18-7-5-6-10/h5-7H2,1-4H3. The van der Waals surface area contributed by atoms with E-state index < -0.39 is 16.1 Å². The third kappa shape index (κ3) is 5.97. The van der Waals surface area contributed by atoms with Gasteiger partial charge in [-0.2, -0.15) is 0 Å². The molecule has 0 bridgehead atoms. The molecule has 0 fully saturated rings. The van der Waals surface area contributed by atoms with Crippen LogP contribution in [0.25, 0.3) is 0 Å². The van der Waals surface area contributed by atoms with Crippen molar-refractivity contribution in [2.75, 3.05) is 25.7 Å². The van der Waals surface area contributed by atoms with E-state index in [1.54, 1.807) is 27.9 Å². The first-order valence-corrected chi connectivity index (χ1v) is 10.1. The predicted octanol–water partition coefficient (Wildman–Crippen LogP) is 5.18. The maximum absolute atomic E-state index is 12.7. The van der Waals surface area contributed by atoms with Gasteiger partial charge in [0.1, 0.15) is 5.60 Å². The van der Waals surface area contributed by atoms with E-state index in [0.717, 1.165) is 6.42 Å². The minimum atomic E-state index is -3.10. The Morgan fingerprint density at radius 1 is 1.28 bits per heavy atom. The van der Waals surface area contributed by atoms with Gasteiger partial charge in [0.25, 0.3) is 0 Å². The van der Waals surface area contributed by atoms with E-state index in [-0.39, 0.29) is 0 Å². The zero-order chi connectivity index (χ0) is 14.6. The lowest BCUT2D eigenvalue weighted by molar-refractivity contribution is 0.112. The Hall–Kier alpha value is 1.66. The maximum atomic E-state index is 12.7. The zero-order valence-electron chi connectivity index (χ0n) is 10.8. The molecule has 0 aliphatic carbocycles. The van der Waals surface area contributed by atoms with Crippen LogP contribution in [-0.4, -0.2) is 39.8 Å². The molecule has 0 saturated heterocycles. The molecule has 0 aromatic carbocycles. The van der Waals surface area contributed by atoms with Gasteiger partial charge in [0, 0.05) is 11.6 Å². The summed E-state index contributed by atoms with van der Waals surface area (Å²) < 4.78 is 18.2. The number of nitrogens with zero attached hydrogens (tertiary/aromatic N) is 1. The lowest BCUT2D eigenvalue weighted by Crippen LogP contribution is -2.39. The van der Waals surface area contributed by atoms with Crippen LogP contribution in [0.2, 0.25) is 0 Å². The number of hydrogen-bond acceptors (Lipinski definition) is 3. The van der Waals surface area contributed by atoms with Gasteiger partial charge in [0.05, 0.1) is 0 Å². The van der Waals surface area contributed by atoms with Crippen LogP contribution in [0.1, 0.15) is 20.3 Å². The highest BCUT2D eigenvalue weighted by atomic mass is 35.6. The van der Waals surface area contributed by atoms with E-state index in [9.17, 15) is 4.57 Å². The first kappa shape index (κ1) is 19.7. The first-order valence-electron chi connectivity index (χ1n) is 5.22. The summed E-state index contributed by atoms with van der Waals surface area (Å²) in [5.41, 5.74) is -1.16. The van der Waals surface area contributed by atoms with Crippen molar-refractivity contribution >= 4 is 64.5 Å². The molecule has 0 rings (SSSR count). The maximum Gasteiger partial charge on any atom is 0.329 e. The quantitative estimate of drug-likeness (QED) is 0.347. The van der Waals surface area contributed by atoms with Gasteiger partial charge in [-0.1, -0.05) is 46.2 Å². The van der Waals surface area contributed by atoms with E-state index >= 15 is 0 Å². The summed E-state index contributed by atoms with van der Waals surface area (Å²) in [6, 6.07) is 0. The summed E-state index contributed by atoms with van der Waals surface area (Å²) in [4.78, 5) is 0. The molecule has 1 unspecified atom stereocenters. The number of rotatable bonds is 7. The van der Waals surface area contributed by atoms with Crippen LogP contribution >= 0.6 is 64.5 Å². The van der Waals surface area contributed by atoms with Gasteiger partial charge in [-0.15, -0.1) is 11.6 Å². The fraction of sp³-hybridized carbons (Fsp3) is 1.00. The van der Waals surface area contributed by atoms with Gasteiger partial charge in [-0.3, -0.25) is 9.09 Å². The topological polar surface area (TPSA) is 29.5 Å². The summed E-state index contributed by atoms with van der Waals surface area (Å²) in [5.74, 6) is 1.13. The average Bonchev–Trinajstić information content (AvgIpc) is 2.15. The van der Waals surface area contributed by atoms with Gasteiger partial charge in [-0.05, 0) is 34.4 Å². The molecule has 0 aliphatic rings. The van der Waals surface area contributed by atoms with Crippen molar-refractivity contribution in [1.29, 1.82) is 0 Å². The van der Waals surface area contributed by atoms with Crippen molar-refractivity contribution in [1.82, 2.24) is 4.67 Å². The molecule has 3 nitrogen and oxygen atoms in total. The van der Waals surface area contributed by atoms with E-state index in [1.807, 2.05) is 0 Å². The molecule has 0 aliphatic heterocycles. The second kappa shape index (κ2) is 7.61. The van der Waals surface area contributed by atoms with Crippen molar-refractivity contribution in [3.8, 4) is 0 Å². The second-order valence-electron chi connectivity index (χ2n) is 4.29. The summed E-state index contributed by atoms with van der Waals surface area (Å²) in [6.45, 7) is 0.0900. The summed E-state index contributed by atoms with van der Waals surface area (Å²) in [5, 5.41) is 0. The third-order valence-electron chi connectivity index (χ3n) is 2.05. The molecular formula is C9H18Cl4NO2PS. The molecule has 0 aromatic heterocycles. The molecule has 0 spiro atoms. The van der Waals surface area contributed by atoms with Crippen molar-refractivity contribution in [2.45, 2.75) is 29.7 Å². The molecule has 0 amide bonds. The van der Waals surface area contributed by atoms with Crippen LogP contribution in [-0.2, 0) is 9.09 Å². The normalized spacial score (nSPS) is 16.9. The number of halogens is 4. The van der Waals surface area contributed by atoms with Crippen LogP contribution in [0.5, 0.6) is 0 Å². The Bertz CT molecular complexity index is 309. The van der Waals surface area contributed by atoms with E-state index in [1.165, 1.54) is 16.1 Å². The van der Waals surface area contributed by atoms with Crippen molar-refractivity contribution in [3.05, 3.63) is 0 Å². The molecule has 0 radical (unpaired) electrons. The molecule has 0 aromatic rings. The fourth-order valence-electron chi connectivity index (χ4n) is 0.798. The Balaban J connectivity index is 4.87. The monoisotopic (exact) mass is 375 g/mol. The molecule has 110 valence electrons. The molecule has 9 heteroatoms. The van der Waals surface area contributed by atoms with Gasteiger partial charge in [-0.25, -0.2) is 4.67 Å². The van der Waals surface area contributed by atoms with Crippen LogP contribution < -0.4 is 0 Å². The predicted molar refractivity (Wildman–Crippen MR) is 84.5 cm³/mol.